The maximum absolute atomic E-state index is 12.9. The maximum Gasteiger partial charge on any atom is 0.123 e. The van der Waals surface area contributed by atoms with E-state index in [0.29, 0.717) is 12.1 Å². The normalized spacial score (nSPS) is 12.7. The first kappa shape index (κ1) is 10.3. The number of aliphatic hydroxyl groups excluding tert-OH is 1. The van der Waals surface area contributed by atoms with Gasteiger partial charge in [-0.3, -0.25) is 0 Å². The molecule has 2 rings (SSSR count). The fraction of sp³-hybridized carbons (Fsp3) is 0.182. The van der Waals surface area contributed by atoms with E-state index in [2.05, 4.69) is 4.98 Å². The molecule has 0 spiro atoms. The Kier molecular flexibility index (Phi) is 3.08. The van der Waals surface area contributed by atoms with Crippen molar-refractivity contribution >= 4 is 11.3 Å². The van der Waals surface area contributed by atoms with Crippen molar-refractivity contribution in [3.63, 3.8) is 0 Å². The number of aliphatic hydroxyl groups is 1. The minimum absolute atomic E-state index is 0.280. The van der Waals surface area contributed by atoms with Crippen LogP contribution in [0.1, 0.15) is 17.4 Å². The minimum Gasteiger partial charge on any atom is -0.386 e. The molecule has 0 aliphatic heterocycles. The third-order valence-corrected chi connectivity index (χ3v) is 2.72. The lowest BCUT2D eigenvalue weighted by atomic mass is 10.1. The van der Waals surface area contributed by atoms with Crippen LogP contribution in [-0.4, -0.2) is 10.1 Å². The van der Waals surface area contributed by atoms with Crippen molar-refractivity contribution in [2.45, 2.75) is 12.5 Å². The zero-order valence-corrected chi connectivity index (χ0v) is 8.75. The molecule has 0 aliphatic carbocycles. The minimum atomic E-state index is -0.655. The van der Waals surface area contributed by atoms with Crippen LogP contribution in [0.15, 0.2) is 35.2 Å². The molecule has 0 fully saturated rings. The van der Waals surface area contributed by atoms with E-state index in [1.54, 1.807) is 23.0 Å². The van der Waals surface area contributed by atoms with Crippen molar-refractivity contribution in [2.75, 3.05) is 0 Å². The van der Waals surface area contributed by atoms with Crippen LogP contribution >= 0.6 is 11.3 Å². The van der Waals surface area contributed by atoms with E-state index >= 15 is 0 Å². The summed E-state index contributed by atoms with van der Waals surface area (Å²) in [5.41, 5.74) is 3.09. The lowest BCUT2D eigenvalue weighted by Gasteiger charge is -2.07. The first-order valence-corrected chi connectivity index (χ1v) is 5.50. The van der Waals surface area contributed by atoms with E-state index in [9.17, 15) is 9.50 Å². The Morgan fingerprint density at radius 3 is 3.00 bits per heavy atom. The van der Waals surface area contributed by atoms with Gasteiger partial charge in [-0.15, -0.1) is 11.3 Å². The smallest absolute Gasteiger partial charge is 0.123 e. The van der Waals surface area contributed by atoms with Gasteiger partial charge in [-0.2, -0.15) is 0 Å². The lowest BCUT2D eigenvalue weighted by Crippen LogP contribution is -2.02. The number of aromatic nitrogens is 1. The summed E-state index contributed by atoms with van der Waals surface area (Å²) in [6.45, 7) is 0. The molecule has 0 radical (unpaired) electrons. The molecule has 0 saturated heterocycles. The molecular formula is C11H10FNOS. The van der Waals surface area contributed by atoms with Gasteiger partial charge >= 0.3 is 0 Å². The van der Waals surface area contributed by atoms with Crippen LogP contribution in [0, 0.1) is 5.82 Å². The second-order valence-electron chi connectivity index (χ2n) is 3.26. The maximum atomic E-state index is 12.9. The first-order valence-electron chi connectivity index (χ1n) is 4.56. The molecule has 4 heteroatoms. The van der Waals surface area contributed by atoms with Crippen molar-refractivity contribution in [3.8, 4) is 0 Å². The van der Waals surface area contributed by atoms with Crippen LogP contribution in [0.3, 0.4) is 0 Å². The Morgan fingerprint density at radius 1 is 1.47 bits per heavy atom. The zero-order valence-electron chi connectivity index (χ0n) is 7.93. The molecule has 15 heavy (non-hydrogen) atoms. The van der Waals surface area contributed by atoms with Crippen molar-refractivity contribution < 1.29 is 9.50 Å². The van der Waals surface area contributed by atoms with Gasteiger partial charge in [0.15, 0.2) is 0 Å². The summed E-state index contributed by atoms with van der Waals surface area (Å²) in [4.78, 5) is 4.01. The van der Waals surface area contributed by atoms with Crippen molar-refractivity contribution in [3.05, 3.63) is 52.2 Å². The molecule has 1 aromatic heterocycles. The Bertz CT molecular complexity index is 430. The predicted molar refractivity (Wildman–Crippen MR) is 57.2 cm³/mol. The number of benzene rings is 1. The highest BCUT2D eigenvalue weighted by molar-refractivity contribution is 7.07. The number of thiazole rings is 1. The Labute approximate surface area is 91.0 Å². The van der Waals surface area contributed by atoms with E-state index < -0.39 is 6.10 Å². The van der Waals surface area contributed by atoms with Gasteiger partial charge < -0.3 is 5.11 Å². The van der Waals surface area contributed by atoms with Crippen LogP contribution < -0.4 is 0 Å². The highest BCUT2D eigenvalue weighted by atomic mass is 32.1. The molecule has 1 atom stereocenters. The van der Waals surface area contributed by atoms with Crippen LogP contribution in [0.2, 0.25) is 0 Å². The van der Waals surface area contributed by atoms with Crippen LogP contribution in [0.25, 0.3) is 0 Å². The van der Waals surface area contributed by atoms with Gasteiger partial charge in [-0.25, -0.2) is 9.37 Å². The summed E-state index contributed by atoms with van der Waals surface area (Å²) in [7, 11) is 0. The highest BCUT2D eigenvalue weighted by Crippen LogP contribution is 2.18. The molecule has 0 bridgehead atoms. The van der Waals surface area contributed by atoms with Crippen molar-refractivity contribution in [1.82, 2.24) is 4.98 Å². The van der Waals surface area contributed by atoms with Crippen LogP contribution in [-0.2, 0) is 6.42 Å². The quantitative estimate of drug-likeness (QED) is 0.867. The van der Waals surface area contributed by atoms with E-state index in [-0.39, 0.29) is 5.82 Å². The van der Waals surface area contributed by atoms with E-state index in [4.69, 9.17) is 0 Å². The van der Waals surface area contributed by atoms with Gasteiger partial charge in [0.25, 0.3) is 0 Å². The summed E-state index contributed by atoms with van der Waals surface area (Å²) in [5, 5.41) is 11.6. The van der Waals surface area contributed by atoms with Crippen molar-refractivity contribution in [2.24, 2.45) is 0 Å². The summed E-state index contributed by atoms with van der Waals surface area (Å²) in [6.07, 6.45) is -0.264. The molecule has 1 aromatic carbocycles. The fourth-order valence-corrected chi connectivity index (χ4v) is 1.98. The third kappa shape index (κ3) is 2.61. The monoisotopic (exact) mass is 223 g/mol. The lowest BCUT2D eigenvalue weighted by molar-refractivity contribution is 0.174. The molecular weight excluding hydrogens is 213 g/mol. The zero-order chi connectivity index (χ0) is 10.7. The standard InChI is InChI=1S/C11H10FNOS/c12-9-3-1-2-8(4-9)5-11(14)10-6-15-7-13-10/h1-4,6-7,11,14H,5H2. The fourth-order valence-electron chi connectivity index (χ4n) is 1.38. The number of rotatable bonds is 3. The molecule has 78 valence electrons. The molecule has 1 heterocycles. The largest absolute Gasteiger partial charge is 0.386 e. The van der Waals surface area contributed by atoms with Gasteiger partial charge in [-0.05, 0) is 17.7 Å². The Morgan fingerprint density at radius 2 is 2.33 bits per heavy atom. The van der Waals surface area contributed by atoms with Gasteiger partial charge in [-0.1, -0.05) is 12.1 Å². The highest BCUT2D eigenvalue weighted by Gasteiger charge is 2.10. The molecule has 2 aromatic rings. The summed E-state index contributed by atoms with van der Waals surface area (Å²) in [6, 6.07) is 6.24. The van der Waals surface area contributed by atoms with Crippen molar-refractivity contribution in [1.29, 1.82) is 0 Å². The second-order valence-corrected chi connectivity index (χ2v) is 3.98. The van der Waals surface area contributed by atoms with E-state index in [1.807, 2.05) is 0 Å². The van der Waals surface area contributed by atoms with Gasteiger partial charge in [0.1, 0.15) is 11.9 Å². The van der Waals surface area contributed by atoms with Gasteiger partial charge in [0.2, 0.25) is 0 Å². The predicted octanol–water partition coefficient (Wildman–Crippen LogP) is 2.56. The molecule has 1 N–H and O–H groups in total. The molecule has 1 unspecified atom stereocenters. The topological polar surface area (TPSA) is 33.1 Å². The number of halogens is 1. The summed E-state index contributed by atoms with van der Waals surface area (Å²) in [5.74, 6) is -0.280. The number of hydrogen-bond acceptors (Lipinski definition) is 3. The molecule has 0 amide bonds. The summed E-state index contributed by atoms with van der Waals surface area (Å²) >= 11 is 1.44. The van der Waals surface area contributed by atoms with Gasteiger partial charge in [0.05, 0.1) is 11.2 Å². The number of nitrogens with zero attached hydrogens (tertiary/aromatic N) is 1. The van der Waals surface area contributed by atoms with Gasteiger partial charge in [0, 0.05) is 11.8 Å². The van der Waals surface area contributed by atoms with Crippen LogP contribution in [0.5, 0.6) is 0 Å². The van der Waals surface area contributed by atoms with E-state index in [1.165, 1.54) is 23.5 Å². The SMILES string of the molecule is OC(Cc1cccc(F)c1)c1cscn1. The van der Waals surface area contributed by atoms with E-state index in [0.717, 1.165) is 5.56 Å². The molecule has 2 nitrogen and oxygen atoms in total. The average molecular weight is 223 g/mol. The molecule has 0 saturated carbocycles. The Balaban J connectivity index is 2.09. The number of hydrogen-bond donors (Lipinski definition) is 1. The third-order valence-electron chi connectivity index (χ3n) is 2.11. The second kappa shape index (κ2) is 4.51. The average Bonchev–Trinajstić information content (AvgIpc) is 2.70. The first-order chi connectivity index (χ1) is 7.25. The Hall–Kier alpha value is -1.26. The molecule has 0 aliphatic rings. The summed E-state index contributed by atoms with van der Waals surface area (Å²) < 4.78 is 12.9. The van der Waals surface area contributed by atoms with Crippen LogP contribution in [0.4, 0.5) is 4.39 Å².